The molecule has 94 valence electrons. The molecule has 0 amide bonds. The monoisotopic (exact) mass is 275 g/mol. The van der Waals surface area contributed by atoms with E-state index in [1.165, 1.54) is 0 Å². The van der Waals surface area contributed by atoms with Gasteiger partial charge in [-0.25, -0.2) is 0 Å². The molecule has 0 aromatic heterocycles. The molecule has 17 heavy (non-hydrogen) atoms. The van der Waals surface area contributed by atoms with Gasteiger partial charge in [0.2, 0.25) is 0 Å². The molecule has 0 aliphatic carbocycles. The van der Waals surface area contributed by atoms with Gasteiger partial charge in [-0.1, -0.05) is 29.8 Å². The van der Waals surface area contributed by atoms with Crippen LogP contribution >= 0.6 is 24.0 Å². The van der Waals surface area contributed by atoms with Gasteiger partial charge in [-0.05, 0) is 36.9 Å². The Labute approximate surface area is 112 Å². The maximum atomic E-state index is 10.8. The Hall–Kier alpha value is -0.770. The number of carboxylic acids is 1. The van der Waals surface area contributed by atoms with Crippen LogP contribution in [0.3, 0.4) is 0 Å². The maximum Gasteiger partial charge on any atom is 0.320 e. The number of benzene rings is 1. The third-order valence-corrected chi connectivity index (χ3v) is 3.36. The number of rotatable bonds is 3. The highest BCUT2D eigenvalue weighted by Crippen LogP contribution is 2.23. The second kappa shape index (κ2) is 6.24. The average Bonchev–Trinajstić information content (AvgIpc) is 2.70. The van der Waals surface area contributed by atoms with Gasteiger partial charge in [0.15, 0.2) is 0 Å². The van der Waals surface area contributed by atoms with Crippen LogP contribution in [0, 0.1) is 5.92 Å². The summed E-state index contributed by atoms with van der Waals surface area (Å²) >= 11 is 6.06. The summed E-state index contributed by atoms with van der Waals surface area (Å²) in [5.74, 6) is -0.400. The normalized spacial score (nSPS) is 23.1. The van der Waals surface area contributed by atoms with Crippen LogP contribution in [0.2, 0.25) is 5.02 Å². The summed E-state index contributed by atoms with van der Waals surface area (Å²) < 4.78 is 0. The summed E-state index contributed by atoms with van der Waals surface area (Å²) in [6.45, 7) is 0.752. The van der Waals surface area contributed by atoms with Gasteiger partial charge in [0.1, 0.15) is 6.04 Å². The van der Waals surface area contributed by atoms with E-state index < -0.39 is 12.0 Å². The molecule has 2 atom stereocenters. The first-order chi connectivity index (χ1) is 7.66. The zero-order valence-corrected chi connectivity index (χ0v) is 10.8. The Morgan fingerprint density at radius 2 is 2.18 bits per heavy atom. The fourth-order valence-corrected chi connectivity index (χ4v) is 2.34. The van der Waals surface area contributed by atoms with Gasteiger partial charge in [-0.2, -0.15) is 0 Å². The third kappa shape index (κ3) is 3.60. The molecular formula is C12H15Cl2NO2. The molecule has 0 radical (unpaired) electrons. The minimum atomic E-state index is -0.762. The van der Waals surface area contributed by atoms with Crippen LogP contribution in [0.4, 0.5) is 0 Å². The molecule has 1 fully saturated rings. The van der Waals surface area contributed by atoms with E-state index in [0.717, 1.165) is 23.6 Å². The van der Waals surface area contributed by atoms with E-state index in [4.69, 9.17) is 16.7 Å². The molecule has 0 spiro atoms. The SMILES string of the molecule is Cl.O=C(O)[C@@H]1C[C@@H](Cc2ccccc2Cl)CN1. The number of hydrogen-bond acceptors (Lipinski definition) is 2. The van der Waals surface area contributed by atoms with E-state index >= 15 is 0 Å². The first-order valence-corrected chi connectivity index (χ1v) is 5.74. The van der Waals surface area contributed by atoms with Gasteiger partial charge in [-0.15, -0.1) is 12.4 Å². The fraction of sp³-hybridized carbons (Fsp3) is 0.417. The van der Waals surface area contributed by atoms with Gasteiger partial charge in [0.05, 0.1) is 0 Å². The molecule has 1 aromatic carbocycles. The highest BCUT2D eigenvalue weighted by atomic mass is 35.5. The molecule has 1 aliphatic heterocycles. The number of hydrogen-bond donors (Lipinski definition) is 2. The number of carboxylic acid groups (broad SMARTS) is 1. The third-order valence-electron chi connectivity index (χ3n) is 2.99. The zero-order valence-electron chi connectivity index (χ0n) is 9.23. The molecule has 2 rings (SSSR count). The lowest BCUT2D eigenvalue weighted by Crippen LogP contribution is -2.29. The molecule has 1 aromatic rings. The van der Waals surface area contributed by atoms with Crippen LogP contribution < -0.4 is 5.32 Å². The molecule has 1 saturated heterocycles. The summed E-state index contributed by atoms with van der Waals surface area (Å²) in [6, 6.07) is 7.33. The largest absolute Gasteiger partial charge is 0.480 e. The van der Waals surface area contributed by atoms with Crippen molar-refractivity contribution in [3.05, 3.63) is 34.9 Å². The minimum absolute atomic E-state index is 0. The number of carbonyl (C=O) groups is 1. The van der Waals surface area contributed by atoms with Crippen LogP contribution in [-0.2, 0) is 11.2 Å². The van der Waals surface area contributed by atoms with E-state index in [1.54, 1.807) is 0 Å². The highest BCUT2D eigenvalue weighted by Gasteiger charge is 2.29. The van der Waals surface area contributed by atoms with Crippen molar-refractivity contribution in [3.63, 3.8) is 0 Å². The smallest absolute Gasteiger partial charge is 0.320 e. The summed E-state index contributed by atoms with van der Waals surface area (Å²) in [5, 5.41) is 12.6. The van der Waals surface area contributed by atoms with Crippen molar-refractivity contribution in [1.82, 2.24) is 5.32 Å². The minimum Gasteiger partial charge on any atom is -0.480 e. The molecule has 0 unspecified atom stereocenters. The van der Waals surface area contributed by atoms with Crippen LogP contribution in [-0.4, -0.2) is 23.7 Å². The molecule has 5 heteroatoms. The lowest BCUT2D eigenvalue weighted by molar-refractivity contribution is -0.139. The Kier molecular flexibility index (Phi) is 5.25. The predicted molar refractivity (Wildman–Crippen MR) is 69.9 cm³/mol. The van der Waals surface area contributed by atoms with Crippen molar-refractivity contribution in [3.8, 4) is 0 Å². The average molecular weight is 276 g/mol. The summed E-state index contributed by atoms with van der Waals surface area (Å²) in [5.41, 5.74) is 1.10. The molecule has 1 heterocycles. The standard InChI is InChI=1S/C12H14ClNO2.ClH/c13-10-4-2-1-3-9(10)5-8-6-11(12(15)16)14-7-8;/h1-4,8,11,14H,5-7H2,(H,15,16);1H/t8-,11+;/m1./s1. The van der Waals surface area contributed by atoms with Crippen LogP contribution in [0.25, 0.3) is 0 Å². The Balaban J connectivity index is 0.00000144. The van der Waals surface area contributed by atoms with E-state index in [9.17, 15) is 4.79 Å². The molecular weight excluding hydrogens is 261 g/mol. The van der Waals surface area contributed by atoms with Crippen molar-refractivity contribution in [2.75, 3.05) is 6.54 Å². The second-order valence-electron chi connectivity index (χ2n) is 4.20. The van der Waals surface area contributed by atoms with Crippen LogP contribution in [0.1, 0.15) is 12.0 Å². The Morgan fingerprint density at radius 3 is 2.76 bits per heavy atom. The van der Waals surface area contributed by atoms with Gasteiger partial charge >= 0.3 is 5.97 Å². The first-order valence-electron chi connectivity index (χ1n) is 5.36. The van der Waals surface area contributed by atoms with E-state index in [2.05, 4.69) is 5.32 Å². The van der Waals surface area contributed by atoms with Crippen molar-refractivity contribution >= 4 is 30.0 Å². The van der Waals surface area contributed by atoms with Crippen LogP contribution in [0.5, 0.6) is 0 Å². The lowest BCUT2D eigenvalue weighted by atomic mass is 9.97. The topological polar surface area (TPSA) is 49.3 Å². The van der Waals surface area contributed by atoms with Gasteiger partial charge < -0.3 is 10.4 Å². The zero-order chi connectivity index (χ0) is 11.5. The predicted octanol–water partition coefficient (Wildman–Crippen LogP) is 2.37. The number of nitrogens with one attached hydrogen (secondary N) is 1. The quantitative estimate of drug-likeness (QED) is 0.891. The van der Waals surface area contributed by atoms with Gasteiger partial charge in [0.25, 0.3) is 0 Å². The summed E-state index contributed by atoms with van der Waals surface area (Å²) in [4.78, 5) is 10.8. The van der Waals surface area contributed by atoms with Gasteiger partial charge in [-0.3, -0.25) is 4.79 Å². The first kappa shape index (κ1) is 14.3. The van der Waals surface area contributed by atoms with E-state index in [0.29, 0.717) is 12.3 Å². The fourth-order valence-electron chi connectivity index (χ4n) is 2.13. The van der Waals surface area contributed by atoms with Crippen molar-refractivity contribution in [1.29, 1.82) is 0 Å². The molecule has 1 aliphatic rings. The Bertz CT molecular complexity index is 398. The number of halogens is 2. The second-order valence-corrected chi connectivity index (χ2v) is 4.60. The molecule has 2 N–H and O–H groups in total. The van der Waals surface area contributed by atoms with Crippen molar-refractivity contribution in [2.24, 2.45) is 5.92 Å². The van der Waals surface area contributed by atoms with E-state index in [1.807, 2.05) is 24.3 Å². The number of aliphatic carboxylic acids is 1. The van der Waals surface area contributed by atoms with E-state index in [-0.39, 0.29) is 12.4 Å². The lowest BCUT2D eigenvalue weighted by Gasteiger charge is -2.09. The van der Waals surface area contributed by atoms with Crippen LogP contribution in [0.15, 0.2) is 24.3 Å². The maximum absolute atomic E-state index is 10.8. The summed E-state index contributed by atoms with van der Waals surface area (Å²) in [6.07, 6.45) is 1.52. The molecule has 3 nitrogen and oxygen atoms in total. The van der Waals surface area contributed by atoms with Gasteiger partial charge in [0, 0.05) is 5.02 Å². The summed E-state index contributed by atoms with van der Waals surface area (Å²) in [7, 11) is 0. The molecule has 0 saturated carbocycles. The van der Waals surface area contributed by atoms with Crippen molar-refractivity contribution < 1.29 is 9.90 Å². The highest BCUT2D eigenvalue weighted by molar-refractivity contribution is 6.31. The molecule has 0 bridgehead atoms. The Morgan fingerprint density at radius 1 is 1.47 bits per heavy atom. The van der Waals surface area contributed by atoms with Crippen molar-refractivity contribution in [2.45, 2.75) is 18.9 Å².